The van der Waals surface area contributed by atoms with Crippen molar-refractivity contribution in [2.75, 3.05) is 33.1 Å². The maximum absolute atomic E-state index is 12.7. The second-order valence-corrected chi connectivity index (χ2v) is 8.72. The summed E-state index contributed by atoms with van der Waals surface area (Å²) in [6.07, 6.45) is 0. The molecule has 0 radical (unpaired) electrons. The highest BCUT2D eigenvalue weighted by molar-refractivity contribution is 7.89. The highest BCUT2D eigenvalue weighted by atomic mass is 32.2. The van der Waals surface area contributed by atoms with Crippen LogP contribution in [0.4, 0.5) is 5.69 Å². The molecule has 0 fully saturated rings. The van der Waals surface area contributed by atoms with Crippen LogP contribution in [-0.4, -0.2) is 64.2 Å². The van der Waals surface area contributed by atoms with E-state index in [1.807, 2.05) is 0 Å². The number of hydrogen-bond acceptors (Lipinski definition) is 8. The van der Waals surface area contributed by atoms with Crippen molar-refractivity contribution in [3.63, 3.8) is 0 Å². The normalized spacial score (nSPS) is 11.0. The van der Waals surface area contributed by atoms with Crippen molar-refractivity contribution in [2.24, 2.45) is 0 Å². The number of sulfonamides is 1. The lowest BCUT2D eigenvalue weighted by Crippen LogP contribution is -2.35. The summed E-state index contributed by atoms with van der Waals surface area (Å²) in [7, 11) is -0.464. The van der Waals surface area contributed by atoms with E-state index in [9.17, 15) is 27.6 Å². The van der Waals surface area contributed by atoms with E-state index in [4.69, 9.17) is 0 Å². The van der Waals surface area contributed by atoms with Gasteiger partial charge < -0.3 is 14.8 Å². The SMILES string of the molecule is COC(=O)c1cc(NC(=O)CN(C)S(=O)(=O)c2ccc(C(C)=O)cc2)cc(C(=O)OC)c1. The number of ketones is 1. The molecule has 0 spiro atoms. The van der Waals surface area contributed by atoms with Gasteiger partial charge in [0.15, 0.2) is 5.78 Å². The average Bonchev–Trinajstić information content (AvgIpc) is 2.77. The minimum atomic E-state index is -4.01. The van der Waals surface area contributed by atoms with Crippen molar-refractivity contribution in [1.29, 1.82) is 0 Å². The molecule has 0 unspecified atom stereocenters. The highest BCUT2D eigenvalue weighted by Crippen LogP contribution is 2.19. The predicted molar refractivity (Wildman–Crippen MR) is 114 cm³/mol. The van der Waals surface area contributed by atoms with Crippen LogP contribution in [0.5, 0.6) is 0 Å². The Bertz CT molecular complexity index is 1120. The van der Waals surface area contributed by atoms with E-state index in [0.717, 1.165) is 18.5 Å². The Kier molecular flexibility index (Phi) is 7.84. The fourth-order valence-electron chi connectivity index (χ4n) is 2.70. The Morgan fingerprint density at radius 2 is 1.38 bits per heavy atom. The van der Waals surface area contributed by atoms with Crippen molar-refractivity contribution < 1.29 is 37.1 Å². The third-order valence-electron chi connectivity index (χ3n) is 4.39. The van der Waals surface area contributed by atoms with Gasteiger partial charge in [-0.1, -0.05) is 12.1 Å². The van der Waals surface area contributed by atoms with Gasteiger partial charge in [-0.2, -0.15) is 4.31 Å². The Labute approximate surface area is 185 Å². The van der Waals surface area contributed by atoms with Gasteiger partial charge in [0.2, 0.25) is 15.9 Å². The van der Waals surface area contributed by atoms with Crippen LogP contribution in [0.2, 0.25) is 0 Å². The lowest BCUT2D eigenvalue weighted by Gasteiger charge is -2.17. The van der Waals surface area contributed by atoms with E-state index in [1.54, 1.807) is 0 Å². The number of esters is 2. The Morgan fingerprint density at radius 3 is 1.81 bits per heavy atom. The lowest BCUT2D eigenvalue weighted by molar-refractivity contribution is -0.116. The number of Topliss-reactive ketones (excluding diaryl/α,β-unsaturated/α-hetero) is 1. The molecule has 2 aromatic carbocycles. The molecule has 0 heterocycles. The predicted octanol–water partition coefficient (Wildman–Crippen LogP) is 1.72. The zero-order valence-corrected chi connectivity index (χ0v) is 18.7. The molecule has 11 heteroatoms. The molecule has 0 aliphatic rings. The van der Waals surface area contributed by atoms with Crippen LogP contribution >= 0.6 is 0 Å². The molecule has 2 aromatic rings. The summed E-state index contributed by atoms with van der Waals surface area (Å²) in [6.45, 7) is 0.813. The van der Waals surface area contributed by atoms with Gasteiger partial charge in [-0.15, -0.1) is 0 Å². The van der Waals surface area contributed by atoms with Crippen LogP contribution < -0.4 is 5.32 Å². The van der Waals surface area contributed by atoms with Gasteiger partial charge in [-0.05, 0) is 37.3 Å². The summed E-state index contributed by atoms with van der Waals surface area (Å²) in [5.74, 6) is -2.39. The number of carbonyl (C=O) groups is 4. The van der Waals surface area contributed by atoms with Gasteiger partial charge in [-0.25, -0.2) is 18.0 Å². The van der Waals surface area contributed by atoms with Gasteiger partial charge >= 0.3 is 11.9 Å². The molecular formula is C21H22N2O8S. The van der Waals surface area contributed by atoms with Crippen LogP contribution in [0.25, 0.3) is 0 Å². The summed E-state index contributed by atoms with van der Waals surface area (Å²) < 4.78 is 35.5. The van der Waals surface area contributed by atoms with Gasteiger partial charge in [0.05, 0.1) is 36.8 Å². The first kappa shape index (κ1) is 24.7. The molecular weight excluding hydrogens is 440 g/mol. The number of ether oxygens (including phenoxy) is 2. The van der Waals surface area contributed by atoms with E-state index in [0.29, 0.717) is 5.56 Å². The third-order valence-corrected chi connectivity index (χ3v) is 6.21. The fourth-order valence-corrected chi connectivity index (χ4v) is 3.83. The minimum Gasteiger partial charge on any atom is -0.465 e. The van der Waals surface area contributed by atoms with Crippen molar-refractivity contribution in [3.8, 4) is 0 Å². The van der Waals surface area contributed by atoms with Crippen LogP contribution in [-0.2, 0) is 24.3 Å². The van der Waals surface area contributed by atoms with E-state index < -0.39 is 34.4 Å². The molecule has 0 saturated carbocycles. The number of hydrogen-bond donors (Lipinski definition) is 1. The number of methoxy groups -OCH3 is 2. The first-order chi connectivity index (χ1) is 15.0. The Morgan fingerprint density at radius 1 is 0.875 bits per heavy atom. The minimum absolute atomic E-state index is 0.00256. The number of amides is 1. The van der Waals surface area contributed by atoms with Crippen LogP contribution in [0.15, 0.2) is 47.4 Å². The second kappa shape index (κ2) is 10.2. The molecule has 1 amide bonds. The quantitative estimate of drug-likeness (QED) is 0.463. The van der Waals surface area contributed by atoms with E-state index >= 15 is 0 Å². The number of nitrogens with zero attached hydrogens (tertiary/aromatic N) is 1. The number of rotatable bonds is 8. The van der Waals surface area contributed by atoms with E-state index in [-0.39, 0.29) is 27.5 Å². The maximum atomic E-state index is 12.7. The number of likely N-dealkylation sites (N-methyl/N-ethyl adjacent to an activating group) is 1. The Balaban J connectivity index is 2.21. The van der Waals surface area contributed by atoms with Crippen LogP contribution in [0.1, 0.15) is 38.0 Å². The molecule has 0 bridgehead atoms. The number of benzene rings is 2. The molecule has 0 aromatic heterocycles. The summed E-state index contributed by atoms with van der Waals surface area (Å²) in [6, 6.07) is 9.14. The lowest BCUT2D eigenvalue weighted by atomic mass is 10.1. The maximum Gasteiger partial charge on any atom is 0.337 e. The van der Waals surface area contributed by atoms with Gasteiger partial charge in [-0.3, -0.25) is 9.59 Å². The first-order valence-electron chi connectivity index (χ1n) is 9.18. The molecule has 10 nitrogen and oxygen atoms in total. The summed E-state index contributed by atoms with van der Waals surface area (Å²) in [5, 5.41) is 2.45. The zero-order chi connectivity index (χ0) is 24.1. The average molecular weight is 462 g/mol. The van der Waals surface area contributed by atoms with E-state index in [2.05, 4.69) is 14.8 Å². The monoisotopic (exact) mass is 462 g/mol. The molecule has 0 atom stereocenters. The molecule has 170 valence electrons. The highest BCUT2D eigenvalue weighted by Gasteiger charge is 2.23. The molecule has 32 heavy (non-hydrogen) atoms. The molecule has 0 aliphatic carbocycles. The largest absolute Gasteiger partial charge is 0.465 e. The Hall–Kier alpha value is -3.57. The molecule has 0 saturated heterocycles. The molecule has 0 aliphatic heterocycles. The number of nitrogens with one attached hydrogen (secondary N) is 1. The standard InChI is InChI=1S/C21H22N2O8S/c1-13(24)14-5-7-18(8-6-14)32(28,29)23(2)12-19(25)22-17-10-15(20(26)30-3)9-16(11-17)21(27)31-4/h5-11H,12H2,1-4H3,(H,22,25). The summed E-state index contributed by atoms with van der Waals surface area (Å²) >= 11 is 0. The molecule has 2 rings (SSSR count). The summed E-state index contributed by atoms with van der Waals surface area (Å²) in [4.78, 5) is 47.4. The fraction of sp³-hybridized carbons (Fsp3) is 0.238. The van der Waals surface area contributed by atoms with Crippen molar-refractivity contribution in [1.82, 2.24) is 4.31 Å². The van der Waals surface area contributed by atoms with Crippen molar-refractivity contribution in [3.05, 3.63) is 59.2 Å². The molecule has 1 N–H and O–H groups in total. The van der Waals surface area contributed by atoms with Crippen LogP contribution in [0, 0.1) is 0 Å². The first-order valence-corrected chi connectivity index (χ1v) is 10.6. The zero-order valence-electron chi connectivity index (χ0n) is 17.9. The second-order valence-electron chi connectivity index (χ2n) is 6.67. The third kappa shape index (κ3) is 5.77. The van der Waals surface area contributed by atoms with Gasteiger partial charge in [0, 0.05) is 18.3 Å². The van der Waals surface area contributed by atoms with Crippen molar-refractivity contribution >= 4 is 39.3 Å². The van der Waals surface area contributed by atoms with E-state index in [1.165, 1.54) is 56.4 Å². The van der Waals surface area contributed by atoms with Crippen LogP contribution in [0.3, 0.4) is 0 Å². The van der Waals surface area contributed by atoms with Gasteiger partial charge in [0.1, 0.15) is 0 Å². The van der Waals surface area contributed by atoms with Gasteiger partial charge in [0.25, 0.3) is 0 Å². The smallest absolute Gasteiger partial charge is 0.337 e. The summed E-state index contributed by atoms with van der Waals surface area (Å²) in [5.41, 5.74) is 0.431. The number of carbonyl (C=O) groups excluding carboxylic acids is 4. The number of anilines is 1. The van der Waals surface area contributed by atoms with Crippen molar-refractivity contribution in [2.45, 2.75) is 11.8 Å². The topological polar surface area (TPSA) is 136 Å².